The van der Waals surface area contributed by atoms with Gasteiger partial charge in [-0.2, -0.15) is 0 Å². The average molecular weight is 369 g/mol. The molecular formula is C20H27N5O2. The highest BCUT2D eigenvalue weighted by molar-refractivity contribution is 5.92. The molecule has 27 heavy (non-hydrogen) atoms. The van der Waals surface area contributed by atoms with Gasteiger partial charge in [0.25, 0.3) is 5.91 Å². The molecule has 1 aromatic carbocycles. The van der Waals surface area contributed by atoms with Gasteiger partial charge in [0.2, 0.25) is 0 Å². The highest BCUT2D eigenvalue weighted by Gasteiger charge is 2.12. The molecule has 0 bridgehead atoms. The van der Waals surface area contributed by atoms with Crippen LogP contribution in [0.2, 0.25) is 0 Å². The maximum Gasteiger partial charge on any atom is 0.271 e. The number of carbonyl (C=O) groups excluding carboxylic acids is 1. The number of rotatable bonds is 7. The zero-order valence-electron chi connectivity index (χ0n) is 15.9. The third kappa shape index (κ3) is 5.74. The molecule has 1 fully saturated rings. The summed E-state index contributed by atoms with van der Waals surface area (Å²) in [6, 6.07) is 11.7. The second-order valence-electron chi connectivity index (χ2n) is 6.92. The van der Waals surface area contributed by atoms with Gasteiger partial charge < -0.3 is 15.4 Å². The minimum absolute atomic E-state index is 0.205. The number of hydrogen-bond acceptors (Lipinski definition) is 6. The Kier molecular flexibility index (Phi) is 6.73. The first-order valence-electron chi connectivity index (χ1n) is 9.41. The molecule has 7 nitrogen and oxygen atoms in total. The second kappa shape index (κ2) is 9.43. The van der Waals surface area contributed by atoms with Crippen molar-refractivity contribution in [2.75, 3.05) is 44.7 Å². The summed E-state index contributed by atoms with van der Waals surface area (Å²) in [5.41, 5.74) is 2.55. The molecule has 1 amide bonds. The lowest BCUT2D eigenvalue weighted by atomic mass is 10.0. The molecule has 1 saturated heterocycles. The summed E-state index contributed by atoms with van der Waals surface area (Å²) in [6.07, 6.45) is 0. The maximum absolute atomic E-state index is 12.2. The van der Waals surface area contributed by atoms with Gasteiger partial charge in [-0.05, 0) is 35.7 Å². The number of morpholine rings is 1. The summed E-state index contributed by atoms with van der Waals surface area (Å²) < 4.78 is 5.31. The van der Waals surface area contributed by atoms with Gasteiger partial charge in [0.05, 0.1) is 13.2 Å². The van der Waals surface area contributed by atoms with Gasteiger partial charge in [-0.3, -0.25) is 9.69 Å². The predicted molar refractivity (Wildman–Crippen MR) is 105 cm³/mol. The first-order chi connectivity index (χ1) is 13.1. The van der Waals surface area contributed by atoms with Crippen molar-refractivity contribution in [3.05, 3.63) is 47.7 Å². The third-order valence-electron chi connectivity index (χ3n) is 4.56. The summed E-state index contributed by atoms with van der Waals surface area (Å²) in [6.45, 7) is 9.07. The van der Waals surface area contributed by atoms with E-state index in [9.17, 15) is 4.79 Å². The molecule has 0 unspecified atom stereocenters. The first kappa shape index (κ1) is 19.3. The van der Waals surface area contributed by atoms with E-state index in [-0.39, 0.29) is 5.91 Å². The zero-order chi connectivity index (χ0) is 19.1. The summed E-state index contributed by atoms with van der Waals surface area (Å²) in [5.74, 6) is 0.903. The summed E-state index contributed by atoms with van der Waals surface area (Å²) in [4.78, 5) is 14.5. The highest BCUT2D eigenvalue weighted by Crippen LogP contribution is 2.19. The largest absolute Gasteiger partial charge is 0.379 e. The van der Waals surface area contributed by atoms with Crippen LogP contribution in [0.5, 0.6) is 0 Å². The van der Waals surface area contributed by atoms with Crippen molar-refractivity contribution in [3.63, 3.8) is 0 Å². The smallest absolute Gasteiger partial charge is 0.271 e. The van der Waals surface area contributed by atoms with Crippen molar-refractivity contribution in [3.8, 4) is 0 Å². The lowest BCUT2D eigenvalue weighted by Gasteiger charge is -2.26. The molecule has 0 saturated carbocycles. The van der Waals surface area contributed by atoms with Crippen LogP contribution in [0.15, 0.2) is 36.4 Å². The van der Waals surface area contributed by atoms with Gasteiger partial charge in [0.15, 0.2) is 11.5 Å². The van der Waals surface area contributed by atoms with Gasteiger partial charge >= 0.3 is 0 Å². The number of nitrogens with zero attached hydrogens (tertiary/aromatic N) is 3. The van der Waals surface area contributed by atoms with Crippen LogP contribution in [-0.2, 0) is 4.74 Å². The van der Waals surface area contributed by atoms with Crippen LogP contribution in [0.3, 0.4) is 0 Å². The van der Waals surface area contributed by atoms with E-state index in [1.807, 2.05) is 12.1 Å². The SMILES string of the molecule is CC(C)c1ccc(Nc2ccc(C(=O)NCCN3CCOCC3)nn2)cc1. The summed E-state index contributed by atoms with van der Waals surface area (Å²) >= 11 is 0. The fourth-order valence-corrected chi connectivity index (χ4v) is 2.86. The van der Waals surface area contributed by atoms with E-state index in [1.54, 1.807) is 12.1 Å². The molecule has 2 heterocycles. The number of hydrogen-bond donors (Lipinski definition) is 2. The molecule has 1 aromatic heterocycles. The number of nitrogens with one attached hydrogen (secondary N) is 2. The summed E-state index contributed by atoms with van der Waals surface area (Å²) in [7, 11) is 0. The monoisotopic (exact) mass is 369 g/mol. The number of ether oxygens (including phenoxy) is 1. The molecule has 7 heteroatoms. The number of anilines is 2. The quantitative estimate of drug-likeness (QED) is 0.780. The topological polar surface area (TPSA) is 79.4 Å². The van der Waals surface area contributed by atoms with Crippen molar-refractivity contribution in [2.45, 2.75) is 19.8 Å². The molecule has 0 radical (unpaired) electrons. The Labute approximate surface area is 160 Å². The zero-order valence-corrected chi connectivity index (χ0v) is 15.9. The highest BCUT2D eigenvalue weighted by atomic mass is 16.5. The Hall–Kier alpha value is -2.51. The molecule has 0 spiro atoms. The first-order valence-corrected chi connectivity index (χ1v) is 9.41. The van der Waals surface area contributed by atoms with E-state index in [0.717, 1.165) is 38.5 Å². The predicted octanol–water partition coefficient (Wildman–Crippen LogP) is 2.41. The minimum Gasteiger partial charge on any atom is -0.379 e. The van der Waals surface area contributed by atoms with Crippen LogP contribution in [-0.4, -0.2) is 60.4 Å². The van der Waals surface area contributed by atoms with Crippen LogP contribution in [0.25, 0.3) is 0 Å². The van der Waals surface area contributed by atoms with Crippen LogP contribution in [0.4, 0.5) is 11.5 Å². The van der Waals surface area contributed by atoms with Crippen LogP contribution >= 0.6 is 0 Å². The molecule has 2 aromatic rings. The van der Waals surface area contributed by atoms with Crippen molar-refractivity contribution >= 4 is 17.4 Å². The molecule has 2 N–H and O–H groups in total. The number of carbonyl (C=O) groups is 1. The average Bonchev–Trinajstić information content (AvgIpc) is 2.70. The Balaban J connectivity index is 1.48. The van der Waals surface area contributed by atoms with E-state index in [4.69, 9.17) is 4.74 Å². The van der Waals surface area contributed by atoms with Crippen molar-refractivity contribution in [1.29, 1.82) is 0 Å². The molecular weight excluding hydrogens is 342 g/mol. The maximum atomic E-state index is 12.2. The molecule has 0 atom stereocenters. The molecule has 1 aliphatic rings. The van der Waals surface area contributed by atoms with Crippen LogP contribution < -0.4 is 10.6 Å². The van der Waals surface area contributed by atoms with Gasteiger partial charge in [0.1, 0.15) is 0 Å². The standard InChI is InChI=1S/C20H27N5O2/c1-15(2)16-3-5-17(6-4-16)22-19-8-7-18(23-24-19)20(26)21-9-10-25-11-13-27-14-12-25/h3-8,15H,9-14H2,1-2H3,(H,21,26)(H,22,24). The Morgan fingerprint density at radius 3 is 2.48 bits per heavy atom. The van der Waals surface area contributed by atoms with Crippen molar-refractivity contribution in [1.82, 2.24) is 20.4 Å². The number of benzene rings is 1. The van der Waals surface area contributed by atoms with Crippen LogP contribution in [0.1, 0.15) is 35.8 Å². The Bertz CT molecular complexity index is 725. The van der Waals surface area contributed by atoms with Crippen molar-refractivity contribution < 1.29 is 9.53 Å². The molecule has 144 valence electrons. The van der Waals surface area contributed by atoms with Gasteiger partial charge in [0, 0.05) is 31.9 Å². The fourth-order valence-electron chi connectivity index (χ4n) is 2.86. The normalized spacial score (nSPS) is 14.9. The molecule has 1 aliphatic heterocycles. The van der Waals surface area contributed by atoms with E-state index in [1.165, 1.54) is 5.56 Å². The second-order valence-corrected chi connectivity index (χ2v) is 6.92. The van der Waals surface area contributed by atoms with Crippen LogP contribution in [0, 0.1) is 0 Å². The number of amides is 1. The Morgan fingerprint density at radius 2 is 1.85 bits per heavy atom. The lowest BCUT2D eigenvalue weighted by molar-refractivity contribution is 0.0383. The molecule has 3 rings (SSSR count). The van der Waals surface area contributed by atoms with Gasteiger partial charge in [-0.1, -0.05) is 26.0 Å². The lowest BCUT2D eigenvalue weighted by Crippen LogP contribution is -2.41. The van der Waals surface area contributed by atoms with E-state index in [2.05, 4.69) is 51.7 Å². The van der Waals surface area contributed by atoms with Crippen molar-refractivity contribution in [2.24, 2.45) is 0 Å². The van der Waals surface area contributed by atoms with E-state index in [0.29, 0.717) is 24.0 Å². The van der Waals surface area contributed by atoms with Gasteiger partial charge in [-0.15, -0.1) is 10.2 Å². The fraction of sp³-hybridized carbons (Fsp3) is 0.450. The minimum atomic E-state index is -0.205. The number of aromatic nitrogens is 2. The van der Waals surface area contributed by atoms with Gasteiger partial charge in [-0.25, -0.2) is 0 Å². The van der Waals surface area contributed by atoms with E-state index < -0.39 is 0 Å². The molecule has 0 aliphatic carbocycles. The summed E-state index contributed by atoms with van der Waals surface area (Å²) in [5, 5.41) is 14.2. The third-order valence-corrected chi connectivity index (χ3v) is 4.56. The van der Waals surface area contributed by atoms with E-state index >= 15 is 0 Å². The Morgan fingerprint density at radius 1 is 1.11 bits per heavy atom.